The molecule has 1 rings (SSSR count). The monoisotopic (exact) mass is 289 g/mol. The van der Waals surface area contributed by atoms with Crippen LogP contribution in [0.5, 0.6) is 11.5 Å². The van der Waals surface area contributed by atoms with E-state index in [4.69, 9.17) is 14.7 Å². The summed E-state index contributed by atoms with van der Waals surface area (Å²) in [7, 11) is 1.23. The fourth-order valence-electron chi connectivity index (χ4n) is 1.65. The molecule has 1 aromatic carbocycles. The lowest BCUT2D eigenvalue weighted by Crippen LogP contribution is -2.07. The largest absolute Gasteiger partial charge is 0.490 e. The molecule has 0 amide bonds. The second-order valence-electron chi connectivity index (χ2n) is 4.47. The number of nitriles is 1. The van der Waals surface area contributed by atoms with Gasteiger partial charge in [-0.05, 0) is 44.5 Å². The van der Waals surface area contributed by atoms with E-state index < -0.39 is 5.97 Å². The van der Waals surface area contributed by atoms with E-state index in [0.29, 0.717) is 23.7 Å². The smallest absolute Gasteiger partial charge is 0.348 e. The van der Waals surface area contributed by atoms with Gasteiger partial charge in [-0.25, -0.2) is 4.79 Å². The molecule has 5 heteroatoms. The molecular formula is C16H19NO4. The Morgan fingerprint density at radius 1 is 1.38 bits per heavy atom. The number of nitrogens with zero attached hydrogens (tertiary/aromatic N) is 1. The Balaban J connectivity index is 3.16. The fourth-order valence-corrected chi connectivity index (χ4v) is 1.65. The highest BCUT2D eigenvalue weighted by molar-refractivity contribution is 5.97. The molecule has 0 aliphatic heterocycles. The number of carbonyl (C=O) groups is 1. The second kappa shape index (κ2) is 7.95. The molecular weight excluding hydrogens is 270 g/mol. The van der Waals surface area contributed by atoms with E-state index >= 15 is 0 Å². The lowest BCUT2D eigenvalue weighted by atomic mass is 10.1. The fraction of sp³-hybridized carbons (Fsp3) is 0.375. The summed E-state index contributed by atoms with van der Waals surface area (Å²) in [6.07, 6.45) is 1.48. The highest BCUT2D eigenvalue weighted by Crippen LogP contribution is 2.30. The van der Waals surface area contributed by atoms with Gasteiger partial charge in [0.1, 0.15) is 11.6 Å². The maximum atomic E-state index is 11.4. The number of hydrogen-bond acceptors (Lipinski definition) is 5. The molecule has 0 N–H and O–H groups in total. The van der Waals surface area contributed by atoms with Crippen molar-refractivity contribution in [2.75, 3.05) is 13.7 Å². The zero-order chi connectivity index (χ0) is 15.8. The number of esters is 1. The molecule has 0 bridgehead atoms. The van der Waals surface area contributed by atoms with Gasteiger partial charge in [0.15, 0.2) is 11.5 Å². The summed E-state index contributed by atoms with van der Waals surface area (Å²) in [5, 5.41) is 8.96. The van der Waals surface area contributed by atoms with Crippen LogP contribution in [0.25, 0.3) is 6.08 Å². The summed E-state index contributed by atoms with van der Waals surface area (Å²) in [4.78, 5) is 11.4. The first-order valence-corrected chi connectivity index (χ1v) is 6.65. The predicted molar refractivity (Wildman–Crippen MR) is 79.0 cm³/mol. The van der Waals surface area contributed by atoms with E-state index in [1.54, 1.807) is 18.2 Å². The average molecular weight is 289 g/mol. The molecule has 112 valence electrons. The molecule has 5 nitrogen and oxygen atoms in total. The summed E-state index contributed by atoms with van der Waals surface area (Å²) in [6.45, 7) is 6.21. The van der Waals surface area contributed by atoms with Crippen LogP contribution < -0.4 is 9.47 Å². The SMILES string of the molecule is CCOc1cc(/C=C(/C#N)C(=O)OC)ccc1OC(C)C. The number of rotatable bonds is 6. The van der Waals surface area contributed by atoms with Gasteiger partial charge < -0.3 is 14.2 Å². The number of methoxy groups -OCH3 is 1. The quantitative estimate of drug-likeness (QED) is 0.457. The molecule has 0 fully saturated rings. The van der Waals surface area contributed by atoms with E-state index in [9.17, 15) is 4.79 Å². The van der Waals surface area contributed by atoms with Crippen LogP contribution in [0.1, 0.15) is 26.3 Å². The molecule has 0 atom stereocenters. The number of hydrogen-bond donors (Lipinski definition) is 0. The van der Waals surface area contributed by atoms with Crippen LogP contribution >= 0.6 is 0 Å². The van der Waals surface area contributed by atoms with Crippen molar-refractivity contribution in [3.05, 3.63) is 29.3 Å². The van der Waals surface area contributed by atoms with Crippen LogP contribution in [0.2, 0.25) is 0 Å². The van der Waals surface area contributed by atoms with Crippen LogP contribution in [0, 0.1) is 11.3 Å². The van der Waals surface area contributed by atoms with Crippen molar-refractivity contribution in [3.63, 3.8) is 0 Å². The van der Waals surface area contributed by atoms with Gasteiger partial charge in [-0.2, -0.15) is 5.26 Å². The van der Waals surface area contributed by atoms with Gasteiger partial charge in [-0.3, -0.25) is 0 Å². The highest BCUT2D eigenvalue weighted by Gasteiger charge is 2.11. The van der Waals surface area contributed by atoms with Crippen LogP contribution in [-0.4, -0.2) is 25.8 Å². The van der Waals surface area contributed by atoms with Crippen LogP contribution in [-0.2, 0) is 9.53 Å². The maximum Gasteiger partial charge on any atom is 0.348 e. The standard InChI is InChI=1S/C16H19NO4/c1-5-20-15-9-12(6-7-14(15)21-11(2)3)8-13(10-17)16(18)19-4/h6-9,11H,5H2,1-4H3/b13-8-. The van der Waals surface area contributed by atoms with E-state index in [2.05, 4.69) is 4.74 Å². The van der Waals surface area contributed by atoms with Crippen molar-refractivity contribution in [1.82, 2.24) is 0 Å². The van der Waals surface area contributed by atoms with Gasteiger partial charge >= 0.3 is 5.97 Å². The van der Waals surface area contributed by atoms with Gasteiger partial charge in [0.05, 0.1) is 19.8 Å². The maximum absolute atomic E-state index is 11.4. The molecule has 0 radical (unpaired) electrons. The van der Waals surface area contributed by atoms with Gasteiger partial charge in [-0.15, -0.1) is 0 Å². The van der Waals surface area contributed by atoms with Crippen LogP contribution in [0.3, 0.4) is 0 Å². The summed E-state index contributed by atoms with van der Waals surface area (Å²) in [5.74, 6) is 0.528. The van der Waals surface area contributed by atoms with Gasteiger partial charge in [0, 0.05) is 0 Å². The van der Waals surface area contributed by atoms with Gasteiger partial charge in [-0.1, -0.05) is 6.07 Å². The minimum Gasteiger partial charge on any atom is -0.490 e. The second-order valence-corrected chi connectivity index (χ2v) is 4.47. The predicted octanol–water partition coefficient (Wildman–Crippen LogP) is 2.95. The van der Waals surface area contributed by atoms with Crippen molar-refractivity contribution >= 4 is 12.0 Å². The summed E-state index contributed by atoms with van der Waals surface area (Å²) < 4.78 is 15.7. The molecule has 0 saturated heterocycles. The Hall–Kier alpha value is -2.48. The number of ether oxygens (including phenoxy) is 3. The van der Waals surface area contributed by atoms with E-state index in [0.717, 1.165) is 0 Å². The third-order valence-corrected chi connectivity index (χ3v) is 2.47. The first kappa shape index (κ1) is 16.6. The third kappa shape index (κ3) is 4.84. The Morgan fingerprint density at radius 3 is 2.62 bits per heavy atom. The molecule has 0 heterocycles. The Bertz CT molecular complexity index is 570. The van der Waals surface area contributed by atoms with Crippen molar-refractivity contribution in [3.8, 4) is 17.6 Å². The average Bonchev–Trinajstić information content (AvgIpc) is 2.46. The van der Waals surface area contributed by atoms with Crippen molar-refractivity contribution in [1.29, 1.82) is 5.26 Å². The highest BCUT2D eigenvalue weighted by atomic mass is 16.5. The Labute approximate surface area is 124 Å². The number of carbonyl (C=O) groups excluding carboxylic acids is 1. The molecule has 0 aliphatic rings. The summed E-state index contributed by atoms with van der Waals surface area (Å²) >= 11 is 0. The normalized spacial score (nSPS) is 11.0. The number of benzene rings is 1. The third-order valence-electron chi connectivity index (χ3n) is 2.47. The molecule has 0 spiro atoms. The van der Waals surface area contributed by atoms with Gasteiger partial charge in [0.2, 0.25) is 0 Å². The topological polar surface area (TPSA) is 68.5 Å². The zero-order valence-corrected chi connectivity index (χ0v) is 12.7. The zero-order valence-electron chi connectivity index (χ0n) is 12.7. The van der Waals surface area contributed by atoms with E-state index in [1.807, 2.05) is 26.8 Å². The first-order valence-electron chi connectivity index (χ1n) is 6.65. The van der Waals surface area contributed by atoms with E-state index in [1.165, 1.54) is 13.2 Å². The molecule has 0 aromatic heterocycles. The first-order chi connectivity index (χ1) is 10.0. The van der Waals surface area contributed by atoms with Crippen molar-refractivity contribution in [2.45, 2.75) is 26.9 Å². The summed E-state index contributed by atoms with van der Waals surface area (Å²) in [6, 6.07) is 7.04. The minimum atomic E-state index is -0.669. The Kier molecular flexibility index (Phi) is 6.28. The van der Waals surface area contributed by atoms with Crippen molar-refractivity contribution < 1.29 is 19.0 Å². The molecule has 0 unspecified atom stereocenters. The molecule has 0 saturated carbocycles. The minimum absolute atomic E-state index is 0.0235. The summed E-state index contributed by atoms with van der Waals surface area (Å²) in [5.41, 5.74) is 0.592. The lowest BCUT2D eigenvalue weighted by molar-refractivity contribution is -0.135. The molecule has 0 aliphatic carbocycles. The van der Waals surface area contributed by atoms with Crippen LogP contribution in [0.4, 0.5) is 0 Å². The van der Waals surface area contributed by atoms with Crippen LogP contribution in [0.15, 0.2) is 23.8 Å². The Morgan fingerprint density at radius 2 is 2.10 bits per heavy atom. The molecule has 1 aromatic rings. The van der Waals surface area contributed by atoms with Gasteiger partial charge in [0.25, 0.3) is 0 Å². The lowest BCUT2D eigenvalue weighted by Gasteiger charge is -2.15. The van der Waals surface area contributed by atoms with E-state index in [-0.39, 0.29) is 11.7 Å². The molecule has 21 heavy (non-hydrogen) atoms. The van der Waals surface area contributed by atoms with Crippen molar-refractivity contribution in [2.24, 2.45) is 0 Å².